The van der Waals surface area contributed by atoms with Crippen molar-refractivity contribution in [3.8, 4) is 16.9 Å². The Morgan fingerprint density at radius 2 is 1.05 bits per heavy atom. The molecule has 0 spiro atoms. The van der Waals surface area contributed by atoms with Crippen LogP contribution in [0.3, 0.4) is 0 Å². The minimum absolute atomic E-state index is 0.464. The Morgan fingerprint density at radius 1 is 0.536 bits per heavy atom. The molecule has 5 nitrogen and oxygen atoms in total. The van der Waals surface area contributed by atoms with E-state index in [1.54, 1.807) is 0 Å². The SMILES string of the molecule is Cc1ccc(C)c(C2(c3cccc(C)c3OCCCCCCC(C)C)c3cc(B4OC(C)(C)C(C)(C)O4)ccc3-c3ccc(B4OC(C)(C)C(C)(C)O4)cc32)c1. The van der Waals surface area contributed by atoms with E-state index in [1.807, 2.05) is 0 Å². The van der Waals surface area contributed by atoms with Crippen molar-refractivity contribution in [3.63, 3.8) is 0 Å². The monoisotopic (exact) mass is 754 g/mol. The van der Waals surface area contributed by atoms with Gasteiger partial charge in [0.2, 0.25) is 0 Å². The molecule has 0 N–H and O–H groups in total. The summed E-state index contributed by atoms with van der Waals surface area (Å²) in [7, 11) is -1.01. The molecule has 0 amide bonds. The van der Waals surface area contributed by atoms with Gasteiger partial charge in [-0.2, -0.15) is 0 Å². The second kappa shape index (κ2) is 14.8. The highest BCUT2D eigenvalue weighted by atomic mass is 16.7. The van der Waals surface area contributed by atoms with Gasteiger partial charge < -0.3 is 23.4 Å². The van der Waals surface area contributed by atoms with Gasteiger partial charge in [-0.25, -0.2) is 0 Å². The Hall–Kier alpha value is -3.35. The molecule has 3 aliphatic rings. The van der Waals surface area contributed by atoms with Crippen LogP contribution in [0.1, 0.15) is 140 Å². The van der Waals surface area contributed by atoms with Crippen molar-refractivity contribution in [1.82, 2.24) is 0 Å². The lowest BCUT2D eigenvalue weighted by Crippen LogP contribution is -2.41. The van der Waals surface area contributed by atoms with Crippen LogP contribution in [0.5, 0.6) is 5.75 Å². The smallest absolute Gasteiger partial charge is 0.493 e. The molecule has 0 unspecified atom stereocenters. The number of benzene rings is 4. The maximum Gasteiger partial charge on any atom is 0.494 e. The highest BCUT2D eigenvalue weighted by Gasteiger charge is 2.55. The van der Waals surface area contributed by atoms with Gasteiger partial charge in [-0.3, -0.25) is 0 Å². The first kappa shape index (κ1) is 40.8. The fourth-order valence-electron chi connectivity index (χ4n) is 8.80. The molecule has 0 aromatic heterocycles. The number of aryl methyl sites for hydroxylation is 3. The van der Waals surface area contributed by atoms with Crippen LogP contribution in [0.15, 0.2) is 72.8 Å². The third kappa shape index (κ3) is 6.99. The fourth-order valence-corrected chi connectivity index (χ4v) is 8.80. The third-order valence-corrected chi connectivity index (χ3v) is 13.6. The molecule has 56 heavy (non-hydrogen) atoms. The highest BCUT2D eigenvalue weighted by Crippen LogP contribution is 2.59. The van der Waals surface area contributed by atoms with Gasteiger partial charge in [0.05, 0.1) is 34.4 Å². The van der Waals surface area contributed by atoms with Crippen LogP contribution < -0.4 is 15.7 Å². The summed E-state index contributed by atoms with van der Waals surface area (Å²) < 4.78 is 33.8. The lowest BCUT2D eigenvalue weighted by atomic mass is 9.63. The lowest BCUT2D eigenvalue weighted by molar-refractivity contribution is 0.00578. The van der Waals surface area contributed by atoms with Crippen LogP contribution in [0.4, 0.5) is 0 Å². The predicted molar refractivity (Wildman–Crippen MR) is 233 cm³/mol. The van der Waals surface area contributed by atoms with Gasteiger partial charge in [0.25, 0.3) is 0 Å². The summed E-state index contributed by atoms with van der Waals surface area (Å²) in [4.78, 5) is 0. The van der Waals surface area contributed by atoms with E-state index >= 15 is 0 Å². The largest absolute Gasteiger partial charge is 0.494 e. The zero-order valence-corrected chi connectivity index (χ0v) is 36.4. The van der Waals surface area contributed by atoms with Gasteiger partial charge in [-0.05, 0) is 138 Å². The second-order valence-electron chi connectivity index (χ2n) is 19.3. The van der Waals surface area contributed by atoms with Crippen LogP contribution in [0, 0.1) is 26.7 Å². The third-order valence-electron chi connectivity index (χ3n) is 13.6. The Balaban J connectivity index is 1.45. The van der Waals surface area contributed by atoms with Crippen molar-refractivity contribution in [2.75, 3.05) is 6.61 Å². The molecule has 0 radical (unpaired) electrons. The van der Waals surface area contributed by atoms with E-state index in [0.717, 1.165) is 46.6 Å². The number of para-hydroxylation sites is 1. The first-order chi connectivity index (χ1) is 26.3. The Bertz CT molecular complexity index is 1980. The van der Waals surface area contributed by atoms with Crippen molar-refractivity contribution < 1.29 is 23.4 Å². The van der Waals surface area contributed by atoms with E-state index in [1.165, 1.54) is 58.2 Å². The van der Waals surface area contributed by atoms with Crippen molar-refractivity contribution in [2.45, 2.75) is 150 Å². The standard InChI is InChI=1S/C49H64B2O5/c1-32(2)19-16-14-15-17-28-52-44-35(5)20-18-21-40(44)49(41-29-33(3)22-23-34(41)4)42-30-36(50-53-45(6,7)46(8,9)54-50)24-26-38(42)39-27-25-37(31-43(39)49)51-55-47(10,11)48(12,13)56-51/h18,20-27,29-32H,14-17,19,28H2,1-13H3. The Morgan fingerprint density at radius 3 is 1.57 bits per heavy atom. The summed E-state index contributed by atoms with van der Waals surface area (Å²) in [6.45, 7) is 28.9. The molecule has 4 aromatic carbocycles. The summed E-state index contributed by atoms with van der Waals surface area (Å²) in [6, 6.07) is 27.2. The van der Waals surface area contributed by atoms with E-state index in [0.29, 0.717) is 6.61 Å². The van der Waals surface area contributed by atoms with Crippen LogP contribution in [-0.2, 0) is 24.0 Å². The van der Waals surface area contributed by atoms with E-state index in [4.69, 9.17) is 23.4 Å². The van der Waals surface area contributed by atoms with Gasteiger partial charge in [0.1, 0.15) is 5.75 Å². The maximum atomic E-state index is 7.03. The molecule has 4 aromatic rings. The number of hydrogen-bond donors (Lipinski definition) is 0. The van der Waals surface area contributed by atoms with Crippen LogP contribution in [-0.4, -0.2) is 43.2 Å². The first-order valence-electron chi connectivity index (χ1n) is 21.1. The van der Waals surface area contributed by atoms with Gasteiger partial charge >= 0.3 is 14.2 Å². The number of unbranched alkanes of at least 4 members (excludes halogenated alkanes) is 3. The molecule has 0 atom stereocenters. The molecule has 2 fully saturated rings. The van der Waals surface area contributed by atoms with E-state index in [9.17, 15) is 0 Å². The van der Waals surface area contributed by atoms with Gasteiger partial charge in [0, 0.05) is 5.56 Å². The topological polar surface area (TPSA) is 46.2 Å². The van der Waals surface area contributed by atoms with Crippen LogP contribution in [0.2, 0.25) is 0 Å². The molecular weight excluding hydrogens is 690 g/mol. The van der Waals surface area contributed by atoms with Crippen molar-refractivity contribution >= 4 is 25.2 Å². The molecule has 2 aliphatic heterocycles. The fraction of sp³-hybridized carbons (Fsp3) is 0.510. The second-order valence-corrected chi connectivity index (χ2v) is 19.3. The normalized spacial score (nSPS) is 19.8. The zero-order valence-electron chi connectivity index (χ0n) is 36.4. The van der Waals surface area contributed by atoms with Crippen molar-refractivity contribution in [2.24, 2.45) is 5.92 Å². The lowest BCUT2D eigenvalue weighted by Gasteiger charge is -2.37. The quantitative estimate of drug-likeness (QED) is 0.0938. The molecular formula is C49H64B2O5. The molecule has 0 saturated carbocycles. The summed E-state index contributed by atoms with van der Waals surface area (Å²) >= 11 is 0. The number of fused-ring (bicyclic) bond motifs is 3. The van der Waals surface area contributed by atoms with Crippen molar-refractivity contribution in [1.29, 1.82) is 0 Å². The summed E-state index contributed by atoms with van der Waals surface area (Å²) in [5.74, 6) is 1.70. The molecule has 2 heterocycles. The highest BCUT2D eigenvalue weighted by molar-refractivity contribution is 6.62. The number of rotatable bonds is 12. The minimum Gasteiger partial charge on any atom is -0.493 e. The molecule has 7 rings (SSSR count). The van der Waals surface area contributed by atoms with Crippen LogP contribution >= 0.6 is 0 Å². The van der Waals surface area contributed by atoms with Gasteiger partial charge in [-0.1, -0.05) is 118 Å². The van der Waals surface area contributed by atoms with Crippen molar-refractivity contribution in [3.05, 3.63) is 112 Å². The summed E-state index contributed by atoms with van der Waals surface area (Å²) in [6.07, 6.45) is 5.97. The molecule has 296 valence electrons. The molecule has 1 aliphatic carbocycles. The Labute approximate surface area is 338 Å². The average Bonchev–Trinajstić information content (AvgIpc) is 3.63. The summed E-state index contributed by atoms with van der Waals surface area (Å²) in [5.41, 5.74) is 10.1. The summed E-state index contributed by atoms with van der Waals surface area (Å²) in [5, 5.41) is 0. The predicted octanol–water partition coefficient (Wildman–Crippen LogP) is 10.6. The van der Waals surface area contributed by atoms with E-state index < -0.39 is 42.1 Å². The Kier molecular flexibility index (Phi) is 10.8. The van der Waals surface area contributed by atoms with Gasteiger partial charge in [0.15, 0.2) is 0 Å². The van der Waals surface area contributed by atoms with E-state index in [2.05, 4.69) is 163 Å². The maximum absolute atomic E-state index is 7.03. The average molecular weight is 755 g/mol. The van der Waals surface area contributed by atoms with E-state index in [-0.39, 0.29) is 0 Å². The first-order valence-corrected chi connectivity index (χ1v) is 21.1. The zero-order chi connectivity index (χ0) is 40.4. The molecule has 7 heteroatoms. The van der Waals surface area contributed by atoms with Crippen LogP contribution in [0.25, 0.3) is 11.1 Å². The minimum atomic E-state index is -0.737. The number of hydrogen-bond acceptors (Lipinski definition) is 5. The molecule has 0 bridgehead atoms. The van der Waals surface area contributed by atoms with Gasteiger partial charge in [-0.15, -0.1) is 0 Å². The molecule has 2 saturated heterocycles. The number of ether oxygens (including phenoxy) is 1.